The van der Waals surface area contributed by atoms with Gasteiger partial charge in [-0.3, -0.25) is 0 Å². The van der Waals surface area contributed by atoms with E-state index in [9.17, 15) is 4.39 Å². The van der Waals surface area contributed by atoms with Crippen molar-refractivity contribution in [3.8, 4) is 0 Å². The van der Waals surface area contributed by atoms with E-state index >= 15 is 0 Å². The van der Waals surface area contributed by atoms with Crippen molar-refractivity contribution in [3.05, 3.63) is 11.6 Å². The molecule has 0 N–H and O–H groups in total. The van der Waals surface area contributed by atoms with Gasteiger partial charge in [0.25, 0.3) is 0 Å². The van der Waals surface area contributed by atoms with Crippen molar-refractivity contribution in [2.45, 2.75) is 6.42 Å². The zero-order chi connectivity index (χ0) is 6.69. The Morgan fingerprint density at radius 3 is 3.00 bits per heavy atom. The Bertz CT molecular complexity index is 120. The van der Waals surface area contributed by atoms with Gasteiger partial charge in [-0.1, -0.05) is 6.08 Å². The lowest BCUT2D eigenvalue weighted by molar-refractivity contribution is 0.340. The standard InChI is InChI=1S/C7H12FN/c1-9-4-2-3-7(5-8)6-9/h3H,2,4-6H2,1H3. The fourth-order valence-corrected chi connectivity index (χ4v) is 1.08. The van der Waals surface area contributed by atoms with Crippen LogP contribution in [0.15, 0.2) is 11.6 Å². The Hall–Kier alpha value is -0.370. The van der Waals surface area contributed by atoms with E-state index in [-0.39, 0.29) is 6.67 Å². The first-order valence-electron chi connectivity index (χ1n) is 3.25. The number of hydrogen-bond acceptors (Lipinski definition) is 1. The van der Waals surface area contributed by atoms with Crippen LogP contribution in [0, 0.1) is 0 Å². The lowest BCUT2D eigenvalue weighted by Gasteiger charge is -2.20. The Balaban J connectivity index is 2.43. The molecule has 0 aliphatic carbocycles. The number of hydrogen-bond donors (Lipinski definition) is 0. The van der Waals surface area contributed by atoms with E-state index in [4.69, 9.17) is 0 Å². The molecule has 0 spiro atoms. The summed E-state index contributed by atoms with van der Waals surface area (Å²) < 4.78 is 12.0. The number of halogens is 1. The van der Waals surface area contributed by atoms with Gasteiger partial charge in [-0.2, -0.15) is 0 Å². The van der Waals surface area contributed by atoms with Crippen LogP contribution >= 0.6 is 0 Å². The highest BCUT2D eigenvalue weighted by atomic mass is 19.1. The van der Waals surface area contributed by atoms with Gasteiger partial charge in [0.15, 0.2) is 0 Å². The van der Waals surface area contributed by atoms with E-state index in [0.29, 0.717) is 0 Å². The molecule has 2 heteroatoms. The molecule has 0 aromatic carbocycles. The van der Waals surface area contributed by atoms with Crippen LogP contribution < -0.4 is 0 Å². The van der Waals surface area contributed by atoms with Crippen LogP contribution in [0.25, 0.3) is 0 Å². The summed E-state index contributed by atoms with van der Waals surface area (Å²) in [7, 11) is 2.02. The molecular weight excluding hydrogens is 117 g/mol. The molecule has 1 aliphatic rings. The summed E-state index contributed by atoms with van der Waals surface area (Å²) in [6.07, 6.45) is 3.01. The first-order chi connectivity index (χ1) is 4.33. The maximum atomic E-state index is 12.0. The maximum Gasteiger partial charge on any atom is 0.112 e. The molecule has 1 heterocycles. The largest absolute Gasteiger partial charge is 0.302 e. The summed E-state index contributed by atoms with van der Waals surface area (Å²) in [5, 5.41) is 0. The second kappa shape index (κ2) is 2.97. The summed E-state index contributed by atoms with van der Waals surface area (Å²) in [6.45, 7) is 1.62. The monoisotopic (exact) mass is 129 g/mol. The van der Waals surface area contributed by atoms with Crippen molar-refractivity contribution in [2.75, 3.05) is 26.8 Å². The van der Waals surface area contributed by atoms with Crippen LogP contribution in [0.2, 0.25) is 0 Å². The maximum absolute atomic E-state index is 12.0. The van der Waals surface area contributed by atoms with Gasteiger partial charge in [0.2, 0.25) is 0 Å². The predicted octanol–water partition coefficient (Wildman–Crippen LogP) is 1.22. The third kappa shape index (κ3) is 1.79. The Morgan fingerprint density at radius 2 is 2.56 bits per heavy atom. The summed E-state index contributed by atoms with van der Waals surface area (Å²) >= 11 is 0. The average molecular weight is 129 g/mol. The highest BCUT2D eigenvalue weighted by molar-refractivity contribution is 5.07. The minimum absolute atomic E-state index is 0.273. The number of alkyl halides is 1. The fraction of sp³-hybridized carbons (Fsp3) is 0.714. The summed E-state index contributed by atoms with van der Waals surface area (Å²) in [5.74, 6) is 0. The van der Waals surface area contributed by atoms with E-state index in [0.717, 1.165) is 25.1 Å². The van der Waals surface area contributed by atoms with Crippen LogP contribution in [-0.2, 0) is 0 Å². The molecule has 0 aromatic heterocycles. The molecule has 0 unspecified atom stereocenters. The Morgan fingerprint density at radius 1 is 1.78 bits per heavy atom. The van der Waals surface area contributed by atoms with Crippen molar-refractivity contribution in [2.24, 2.45) is 0 Å². The van der Waals surface area contributed by atoms with Gasteiger partial charge < -0.3 is 4.90 Å². The van der Waals surface area contributed by atoms with E-state index in [1.165, 1.54) is 0 Å². The molecule has 0 saturated heterocycles. The van der Waals surface area contributed by atoms with Gasteiger partial charge in [-0.25, -0.2) is 4.39 Å². The van der Waals surface area contributed by atoms with E-state index in [1.807, 2.05) is 13.1 Å². The molecule has 1 aliphatic heterocycles. The minimum Gasteiger partial charge on any atom is -0.302 e. The van der Waals surface area contributed by atoms with E-state index in [1.54, 1.807) is 0 Å². The minimum atomic E-state index is -0.273. The molecule has 0 aromatic rings. The molecule has 0 fully saturated rings. The van der Waals surface area contributed by atoms with Crippen LogP contribution in [-0.4, -0.2) is 31.7 Å². The van der Waals surface area contributed by atoms with Crippen LogP contribution in [0.5, 0.6) is 0 Å². The van der Waals surface area contributed by atoms with Crippen molar-refractivity contribution >= 4 is 0 Å². The van der Waals surface area contributed by atoms with Crippen molar-refractivity contribution < 1.29 is 4.39 Å². The quantitative estimate of drug-likeness (QED) is 0.481. The molecule has 1 nitrogen and oxygen atoms in total. The van der Waals surface area contributed by atoms with Crippen molar-refractivity contribution in [1.82, 2.24) is 4.90 Å². The summed E-state index contributed by atoms with van der Waals surface area (Å²) in [6, 6.07) is 0. The van der Waals surface area contributed by atoms with Gasteiger partial charge in [0.05, 0.1) is 0 Å². The smallest absolute Gasteiger partial charge is 0.112 e. The fourth-order valence-electron chi connectivity index (χ4n) is 1.08. The van der Waals surface area contributed by atoms with Crippen molar-refractivity contribution in [1.29, 1.82) is 0 Å². The molecular formula is C7H12FN. The highest BCUT2D eigenvalue weighted by Gasteiger charge is 2.06. The van der Waals surface area contributed by atoms with E-state index in [2.05, 4.69) is 4.90 Å². The number of likely N-dealkylation sites (N-methyl/N-ethyl adjacent to an activating group) is 1. The van der Waals surface area contributed by atoms with Crippen LogP contribution in [0.4, 0.5) is 4.39 Å². The van der Waals surface area contributed by atoms with Crippen LogP contribution in [0.3, 0.4) is 0 Å². The molecule has 1 rings (SSSR count). The molecule has 0 saturated carbocycles. The Kier molecular flexibility index (Phi) is 2.22. The van der Waals surface area contributed by atoms with Gasteiger partial charge in [-0.05, 0) is 19.0 Å². The average Bonchev–Trinajstić information content (AvgIpc) is 1.88. The Labute approximate surface area is 55.2 Å². The first kappa shape index (κ1) is 6.75. The number of nitrogens with zero attached hydrogens (tertiary/aromatic N) is 1. The van der Waals surface area contributed by atoms with Gasteiger partial charge in [0, 0.05) is 13.1 Å². The predicted molar refractivity (Wildman–Crippen MR) is 36.2 cm³/mol. The third-order valence-corrected chi connectivity index (χ3v) is 1.59. The lowest BCUT2D eigenvalue weighted by Crippen LogP contribution is -2.26. The second-order valence-electron chi connectivity index (χ2n) is 2.52. The normalized spacial score (nSPS) is 21.8. The van der Waals surface area contributed by atoms with Gasteiger partial charge in [0.1, 0.15) is 6.67 Å². The lowest BCUT2D eigenvalue weighted by atomic mass is 10.1. The second-order valence-corrected chi connectivity index (χ2v) is 2.52. The number of rotatable bonds is 1. The zero-order valence-electron chi connectivity index (χ0n) is 5.73. The molecule has 9 heavy (non-hydrogen) atoms. The van der Waals surface area contributed by atoms with Gasteiger partial charge in [-0.15, -0.1) is 0 Å². The summed E-state index contributed by atoms with van der Waals surface area (Å²) in [4.78, 5) is 2.13. The molecule has 0 amide bonds. The summed E-state index contributed by atoms with van der Waals surface area (Å²) in [5.41, 5.74) is 0.934. The third-order valence-electron chi connectivity index (χ3n) is 1.59. The van der Waals surface area contributed by atoms with Crippen molar-refractivity contribution in [3.63, 3.8) is 0 Å². The molecule has 0 bridgehead atoms. The SMILES string of the molecule is CN1CCC=C(CF)C1. The topological polar surface area (TPSA) is 3.24 Å². The highest BCUT2D eigenvalue weighted by Crippen LogP contribution is 2.06. The first-order valence-corrected chi connectivity index (χ1v) is 3.25. The molecule has 0 radical (unpaired) electrons. The zero-order valence-corrected chi connectivity index (χ0v) is 5.73. The molecule has 0 atom stereocenters. The molecule has 52 valence electrons. The van der Waals surface area contributed by atoms with Gasteiger partial charge >= 0.3 is 0 Å². The van der Waals surface area contributed by atoms with E-state index < -0.39 is 0 Å². The van der Waals surface area contributed by atoms with Crippen LogP contribution in [0.1, 0.15) is 6.42 Å².